The first-order valence-corrected chi connectivity index (χ1v) is 22.2. The summed E-state index contributed by atoms with van der Waals surface area (Å²) in [7, 11) is -8.25. The van der Waals surface area contributed by atoms with E-state index in [0.717, 1.165) is 43.2 Å². The largest absolute Gasteiger partial charge is 0.349 e. The van der Waals surface area contributed by atoms with Crippen LogP contribution in [-0.4, -0.2) is 53.3 Å². The number of fused-ring (bicyclic) bond motifs is 7. The van der Waals surface area contributed by atoms with Gasteiger partial charge in [0.25, 0.3) is 20.2 Å². The van der Waals surface area contributed by atoms with Gasteiger partial charge in [-0.3, -0.25) is 13.2 Å². The van der Waals surface area contributed by atoms with Crippen molar-refractivity contribution in [2.45, 2.75) is 127 Å². The lowest BCUT2D eigenvalue weighted by atomic mass is 9.43. The van der Waals surface area contributed by atoms with E-state index in [-0.39, 0.29) is 51.3 Å². The topological polar surface area (TPSA) is 122 Å². The maximum atomic E-state index is 15.4. The van der Waals surface area contributed by atoms with Gasteiger partial charge < -0.3 is 9.47 Å². The SMILES string of the molecule is Cc1ccc(S(=O)(=O)O[C@@H]2CC[C@@]3(C)[C@@H](CC[C@H]4[C@H]3C(=O)[C@@H](OS(=O)(=O)c3ccc(C)cc3)[C@]3(C)[C@H]5[C@H](C[C@@H]43)O[C@]3(CC[C@H](C)CO3)[C@@H]5C)C2)cc1. The Balaban J connectivity index is 1.12. The number of hydrogen-bond donors (Lipinski definition) is 0. The Labute approximate surface area is 309 Å². The van der Waals surface area contributed by atoms with Gasteiger partial charge in [0.1, 0.15) is 6.10 Å². The molecule has 2 aliphatic heterocycles. The second kappa shape index (κ2) is 12.7. The summed E-state index contributed by atoms with van der Waals surface area (Å²) in [6, 6.07) is 13.3. The Bertz CT molecular complexity index is 1920. The third-order valence-corrected chi connectivity index (χ3v) is 17.5. The van der Waals surface area contributed by atoms with Crippen LogP contribution in [0.3, 0.4) is 0 Å². The molecule has 0 amide bonds. The van der Waals surface area contributed by atoms with Gasteiger partial charge in [-0.2, -0.15) is 16.8 Å². The van der Waals surface area contributed by atoms with E-state index in [4.69, 9.17) is 17.8 Å². The molecule has 13 atom stereocenters. The summed E-state index contributed by atoms with van der Waals surface area (Å²) in [4.78, 5) is 15.6. The highest BCUT2D eigenvalue weighted by atomic mass is 32.2. The molecule has 2 heterocycles. The van der Waals surface area contributed by atoms with E-state index in [1.807, 2.05) is 13.8 Å². The van der Waals surface area contributed by atoms with Crippen molar-refractivity contribution in [2.24, 2.45) is 52.3 Å². The van der Waals surface area contributed by atoms with Gasteiger partial charge in [0.05, 0.1) is 28.6 Å². The summed E-state index contributed by atoms with van der Waals surface area (Å²) in [6.07, 6.45) is 3.93. The minimum absolute atomic E-state index is 0.0133. The first-order chi connectivity index (χ1) is 24.5. The summed E-state index contributed by atoms with van der Waals surface area (Å²) in [5, 5.41) is 0. The van der Waals surface area contributed by atoms with Crippen LogP contribution >= 0.6 is 0 Å². The lowest BCUT2D eigenvalue weighted by Gasteiger charge is -2.61. The number of carbonyl (C=O) groups excluding carboxylic acids is 1. The molecule has 11 heteroatoms. The zero-order valence-corrected chi connectivity index (χ0v) is 32.9. The van der Waals surface area contributed by atoms with Crippen molar-refractivity contribution in [2.75, 3.05) is 6.61 Å². The minimum Gasteiger partial charge on any atom is -0.349 e. The number of benzene rings is 2. The van der Waals surface area contributed by atoms with Crippen LogP contribution in [-0.2, 0) is 42.9 Å². The van der Waals surface area contributed by atoms with Crippen molar-refractivity contribution in [3.8, 4) is 0 Å². The van der Waals surface area contributed by atoms with Crippen molar-refractivity contribution >= 4 is 26.0 Å². The number of Topliss-reactive ketones (excluding diaryl/α,β-unsaturated/α-hetero) is 1. The second-order valence-electron chi connectivity index (χ2n) is 17.8. The third-order valence-electron chi connectivity index (χ3n) is 14.8. The van der Waals surface area contributed by atoms with Crippen molar-refractivity contribution in [1.29, 1.82) is 0 Å². The molecule has 4 saturated carbocycles. The highest BCUT2D eigenvalue weighted by Crippen LogP contribution is 2.71. The van der Waals surface area contributed by atoms with E-state index >= 15 is 4.79 Å². The number of rotatable bonds is 6. The molecule has 284 valence electrons. The standard InChI is InChI=1S/C41H54O9S2/c1-24-7-12-30(13-8-24)51(43,44)49-29-18-19-39(5)28(21-29)11-16-32-33-22-34-35(27(4)41(48-34)20-17-26(3)23-47-41)40(33,6)38(37(42)36(32)39)50-52(45,46)31-14-9-25(2)10-15-31/h7-10,12-15,26-29,32-36,38H,11,16-23H2,1-6H3/t26-,27+,28-,29+,32+,33-,34-,35+,36-,38+,39-,40-,41+/m0/s1. The molecule has 0 bridgehead atoms. The molecule has 6 fully saturated rings. The van der Waals surface area contributed by atoms with E-state index in [1.54, 1.807) is 48.5 Å². The van der Waals surface area contributed by atoms with Gasteiger partial charge in [0.15, 0.2) is 11.6 Å². The normalized spacial score (nSPS) is 43.1. The van der Waals surface area contributed by atoms with Crippen LogP contribution in [0, 0.1) is 66.1 Å². The van der Waals surface area contributed by atoms with Gasteiger partial charge in [-0.05, 0) is 112 Å². The van der Waals surface area contributed by atoms with Gasteiger partial charge in [0, 0.05) is 29.6 Å². The first kappa shape index (κ1) is 36.8. The Kier molecular flexibility index (Phi) is 8.99. The first-order valence-electron chi connectivity index (χ1n) is 19.3. The Hall–Kier alpha value is -2.15. The molecule has 6 aliphatic rings. The molecule has 2 aromatic carbocycles. The molecule has 0 aromatic heterocycles. The van der Waals surface area contributed by atoms with Crippen molar-refractivity contribution < 1.29 is 39.5 Å². The molecule has 1 spiro atoms. The second-order valence-corrected chi connectivity index (χ2v) is 20.9. The van der Waals surface area contributed by atoms with E-state index in [9.17, 15) is 16.8 Å². The summed E-state index contributed by atoms with van der Waals surface area (Å²) < 4.78 is 80.5. The average molecular weight is 755 g/mol. The number of aryl methyl sites for hydroxylation is 2. The maximum absolute atomic E-state index is 15.4. The Morgan fingerprint density at radius 1 is 0.769 bits per heavy atom. The highest BCUT2D eigenvalue weighted by molar-refractivity contribution is 7.87. The number of carbonyl (C=O) groups is 1. The Morgan fingerprint density at radius 2 is 1.38 bits per heavy atom. The average Bonchev–Trinajstić information content (AvgIpc) is 3.54. The van der Waals surface area contributed by atoms with Gasteiger partial charge >= 0.3 is 0 Å². The van der Waals surface area contributed by atoms with Crippen molar-refractivity contribution in [3.05, 3.63) is 59.7 Å². The molecule has 2 saturated heterocycles. The van der Waals surface area contributed by atoms with Crippen LogP contribution in [0.25, 0.3) is 0 Å². The number of ketones is 1. The molecule has 4 aliphatic carbocycles. The molecule has 52 heavy (non-hydrogen) atoms. The monoisotopic (exact) mass is 754 g/mol. The summed E-state index contributed by atoms with van der Waals surface area (Å²) in [6.45, 7) is 13.1. The van der Waals surface area contributed by atoms with Crippen molar-refractivity contribution in [1.82, 2.24) is 0 Å². The quantitative estimate of drug-likeness (QED) is 0.278. The van der Waals surface area contributed by atoms with E-state index in [0.29, 0.717) is 31.8 Å². The lowest BCUT2D eigenvalue weighted by molar-refractivity contribution is -0.273. The minimum atomic E-state index is -4.30. The van der Waals surface area contributed by atoms with E-state index < -0.39 is 55.0 Å². The molecule has 8 rings (SSSR count). The highest BCUT2D eigenvalue weighted by Gasteiger charge is 2.74. The van der Waals surface area contributed by atoms with Gasteiger partial charge in [0.2, 0.25) is 0 Å². The molecule has 0 radical (unpaired) electrons. The molecular formula is C41H54O9S2. The predicted molar refractivity (Wildman–Crippen MR) is 194 cm³/mol. The van der Waals surface area contributed by atoms with Gasteiger partial charge in [-0.1, -0.05) is 63.1 Å². The fourth-order valence-corrected chi connectivity index (χ4v) is 14.3. The van der Waals surface area contributed by atoms with Crippen LogP contribution in [0.4, 0.5) is 0 Å². The van der Waals surface area contributed by atoms with Crippen LogP contribution in [0.2, 0.25) is 0 Å². The van der Waals surface area contributed by atoms with Crippen LogP contribution in [0.1, 0.15) is 90.2 Å². The predicted octanol–water partition coefficient (Wildman–Crippen LogP) is 7.39. The zero-order chi connectivity index (χ0) is 37.0. The summed E-state index contributed by atoms with van der Waals surface area (Å²) in [5.41, 5.74) is 0.645. The smallest absolute Gasteiger partial charge is 0.297 e. The summed E-state index contributed by atoms with van der Waals surface area (Å²) in [5.74, 6) is -0.923. The molecular weight excluding hydrogens is 701 g/mol. The van der Waals surface area contributed by atoms with Crippen molar-refractivity contribution in [3.63, 3.8) is 0 Å². The zero-order valence-electron chi connectivity index (χ0n) is 31.2. The van der Waals surface area contributed by atoms with Gasteiger partial charge in [-0.25, -0.2) is 0 Å². The van der Waals surface area contributed by atoms with Crippen LogP contribution in [0.15, 0.2) is 58.3 Å². The van der Waals surface area contributed by atoms with Crippen LogP contribution in [0.5, 0.6) is 0 Å². The third kappa shape index (κ3) is 5.69. The Morgan fingerprint density at radius 3 is 1.98 bits per heavy atom. The molecule has 0 N–H and O–H groups in total. The lowest BCUT2D eigenvalue weighted by Crippen LogP contribution is -2.65. The van der Waals surface area contributed by atoms with E-state index in [2.05, 4.69) is 27.7 Å². The van der Waals surface area contributed by atoms with Gasteiger partial charge in [-0.15, -0.1) is 0 Å². The molecule has 0 unspecified atom stereocenters. The maximum Gasteiger partial charge on any atom is 0.297 e. The molecule has 2 aromatic rings. The number of ether oxygens (including phenoxy) is 2. The fraction of sp³-hybridized carbons (Fsp3) is 0.683. The number of hydrogen-bond acceptors (Lipinski definition) is 9. The fourth-order valence-electron chi connectivity index (χ4n) is 12.1. The van der Waals surface area contributed by atoms with Crippen LogP contribution < -0.4 is 0 Å². The molecule has 9 nitrogen and oxygen atoms in total. The summed E-state index contributed by atoms with van der Waals surface area (Å²) >= 11 is 0. The van der Waals surface area contributed by atoms with E-state index in [1.165, 1.54) is 0 Å².